The van der Waals surface area contributed by atoms with Crippen LogP contribution in [-0.4, -0.2) is 17.0 Å². The van der Waals surface area contributed by atoms with Gasteiger partial charge in [-0.1, -0.05) is 23.7 Å². The Labute approximate surface area is 163 Å². The van der Waals surface area contributed by atoms with Gasteiger partial charge in [-0.05, 0) is 56.3 Å². The average molecular weight is 382 g/mol. The molecule has 0 saturated carbocycles. The third-order valence-corrected chi connectivity index (χ3v) is 3.97. The van der Waals surface area contributed by atoms with Crippen LogP contribution in [0.1, 0.15) is 24.2 Å². The highest BCUT2D eigenvalue weighted by molar-refractivity contribution is 6.33. The molecule has 6 heteroatoms. The van der Waals surface area contributed by atoms with Gasteiger partial charge in [0.05, 0.1) is 34.3 Å². The minimum absolute atomic E-state index is 0.126. The second-order valence-electron chi connectivity index (χ2n) is 6.21. The fourth-order valence-electron chi connectivity index (χ4n) is 2.45. The van der Waals surface area contributed by atoms with E-state index < -0.39 is 0 Å². The molecule has 3 aromatic rings. The number of carbonyl (C=O) groups excluding carboxylic acids is 1. The number of amides is 1. The van der Waals surface area contributed by atoms with E-state index in [4.69, 9.17) is 16.3 Å². The lowest BCUT2D eigenvalue weighted by molar-refractivity contribution is 0.102. The fourth-order valence-corrected chi connectivity index (χ4v) is 2.63. The molecular formula is C21H20ClN3O2. The number of nitrogens with one attached hydrogen (secondary N) is 2. The molecular weight excluding hydrogens is 362 g/mol. The van der Waals surface area contributed by atoms with Crippen molar-refractivity contribution in [2.45, 2.75) is 20.0 Å². The molecule has 2 aromatic carbocycles. The van der Waals surface area contributed by atoms with E-state index in [1.165, 1.54) is 6.20 Å². The predicted molar refractivity (Wildman–Crippen MR) is 109 cm³/mol. The highest BCUT2D eigenvalue weighted by Gasteiger charge is 2.09. The number of carbonyl (C=O) groups is 1. The molecule has 0 fully saturated rings. The number of ether oxygens (including phenoxy) is 1. The van der Waals surface area contributed by atoms with Crippen molar-refractivity contribution in [1.29, 1.82) is 0 Å². The Hall–Kier alpha value is -3.05. The maximum absolute atomic E-state index is 12.5. The Morgan fingerprint density at radius 3 is 2.48 bits per heavy atom. The lowest BCUT2D eigenvalue weighted by Gasteiger charge is -2.12. The van der Waals surface area contributed by atoms with Gasteiger partial charge in [0.25, 0.3) is 5.91 Å². The quantitative estimate of drug-likeness (QED) is 0.590. The molecule has 5 nitrogen and oxygen atoms in total. The Balaban J connectivity index is 1.70. The largest absolute Gasteiger partial charge is 0.491 e. The van der Waals surface area contributed by atoms with Crippen molar-refractivity contribution in [1.82, 2.24) is 4.98 Å². The summed E-state index contributed by atoms with van der Waals surface area (Å²) in [5, 5.41) is 6.50. The highest BCUT2D eigenvalue weighted by atomic mass is 35.5. The number of hydrogen-bond acceptors (Lipinski definition) is 4. The van der Waals surface area contributed by atoms with Gasteiger partial charge < -0.3 is 15.4 Å². The topological polar surface area (TPSA) is 63.2 Å². The zero-order valence-electron chi connectivity index (χ0n) is 15.1. The number of aromatic nitrogens is 1. The summed E-state index contributed by atoms with van der Waals surface area (Å²) in [6.07, 6.45) is 3.29. The Morgan fingerprint density at radius 1 is 1.04 bits per heavy atom. The van der Waals surface area contributed by atoms with Gasteiger partial charge in [0, 0.05) is 11.9 Å². The Bertz CT molecular complexity index is 927. The number of halogens is 1. The minimum Gasteiger partial charge on any atom is -0.491 e. The average Bonchev–Trinajstić information content (AvgIpc) is 2.65. The molecule has 3 rings (SSSR count). The van der Waals surface area contributed by atoms with Crippen molar-refractivity contribution in [2.24, 2.45) is 0 Å². The number of rotatable bonds is 6. The molecule has 0 aliphatic carbocycles. The predicted octanol–water partition coefficient (Wildman–Crippen LogP) is 5.52. The highest BCUT2D eigenvalue weighted by Crippen LogP contribution is 2.23. The third-order valence-electron chi connectivity index (χ3n) is 3.64. The molecule has 0 saturated heterocycles. The van der Waals surface area contributed by atoms with Crippen molar-refractivity contribution in [2.75, 3.05) is 10.6 Å². The number of anilines is 3. The molecule has 1 heterocycles. The molecule has 0 unspecified atom stereocenters. The van der Waals surface area contributed by atoms with Gasteiger partial charge in [-0.25, -0.2) is 0 Å². The van der Waals surface area contributed by atoms with Crippen molar-refractivity contribution in [3.05, 3.63) is 77.6 Å². The number of hydrogen-bond donors (Lipinski definition) is 2. The summed E-state index contributed by atoms with van der Waals surface area (Å²) < 4.78 is 5.63. The monoisotopic (exact) mass is 381 g/mol. The zero-order valence-corrected chi connectivity index (χ0v) is 15.8. The molecule has 1 aromatic heterocycles. The first-order valence-corrected chi connectivity index (χ1v) is 8.94. The first kappa shape index (κ1) is 18.7. The van der Waals surface area contributed by atoms with Crippen LogP contribution in [0.3, 0.4) is 0 Å². The normalized spacial score (nSPS) is 10.5. The summed E-state index contributed by atoms with van der Waals surface area (Å²) in [4.78, 5) is 16.6. The Morgan fingerprint density at radius 2 is 1.78 bits per heavy atom. The van der Waals surface area contributed by atoms with E-state index >= 15 is 0 Å². The van der Waals surface area contributed by atoms with E-state index in [-0.39, 0.29) is 12.0 Å². The molecule has 138 valence electrons. The smallest absolute Gasteiger partial charge is 0.257 e. The number of para-hydroxylation sites is 1. The van der Waals surface area contributed by atoms with Crippen LogP contribution in [0.25, 0.3) is 0 Å². The van der Waals surface area contributed by atoms with Crippen LogP contribution in [0.15, 0.2) is 67.0 Å². The summed E-state index contributed by atoms with van der Waals surface area (Å²) >= 11 is 6.09. The molecule has 0 bridgehead atoms. The van der Waals surface area contributed by atoms with Gasteiger partial charge in [-0.2, -0.15) is 0 Å². The summed E-state index contributed by atoms with van der Waals surface area (Å²) in [6, 6.07) is 16.4. The molecule has 1 amide bonds. The maximum Gasteiger partial charge on any atom is 0.257 e. The maximum atomic E-state index is 12.5. The minimum atomic E-state index is -0.278. The van der Waals surface area contributed by atoms with Gasteiger partial charge in [0.15, 0.2) is 0 Å². The Kier molecular flexibility index (Phi) is 5.94. The van der Waals surface area contributed by atoms with Crippen LogP contribution < -0.4 is 15.4 Å². The fraction of sp³-hybridized carbons (Fsp3) is 0.143. The van der Waals surface area contributed by atoms with E-state index in [0.717, 1.165) is 11.4 Å². The first-order chi connectivity index (χ1) is 13.0. The lowest BCUT2D eigenvalue weighted by atomic mass is 10.2. The molecule has 0 radical (unpaired) electrons. The van der Waals surface area contributed by atoms with E-state index in [9.17, 15) is 4.79 Å². The van der Waals surface area contributed by atoms with Crippen LogP contribution in [0.2, 0.25) is 5.02 Å². The molecule has 0 aliphatic rings. The third kappa shape index (κ3) is 5.21. The van der Waals surface area contributed by atoms with Gasteiger partial charge in [-0.15, -0.1) is 0 Å². The molecule has 0 atom stereocenters. The number of benzene rings is 2. The standard InChI is InChI=1S/C21H20ClN3O2/c1-14(2)27-18-9-7-16(8-10-18)24-17-11-15(12-23-13-17)21(26)25-20-6-4-3-5-19(20)22/h3-14,24H,1-2H3,(H,25,26). The second kappa shape index (κ2) is 8.56. The van der Waals surface area contributed by atoms with Crippen molar-refractivity contribution >= 4 is 34.6 Å². The van der Waals surface area contributed by atoms with Gasteiger partial charge >= 0.3 is 0 Å². The second-order valence-corrected chi connectivity index (χ2v) is 6.62. The number of nitrogens with zero attached hydrogens (tertiary/aromatic N) is 1. The van der Waals surface area contributed by atoms with Crippen LogP contribution in [0, 0.1) is 0 Å². The summed E-state index contributed by atoms with van der Waals surface area (Å²) in [5.74, 6) is 0.529. The van der Waals surface area contributed by atoms with Crippen LogP contribution in [0.5, 0.6) is 5.75 Å². The molecule has 27 heavy (non-hydrogen) atoms. The van der Waals surface area contributed by atoms with Crippen LogP contribution in [-0.2, 0) is 0 Å². The van der Waals surface area contributed by atoms with Crippen LogP contribution >= 0.6 is 11.6 Å². The first-order valence-electron chi connectivity index (χ1n) is 8.56. The van der Waals surface area contributed by atoms with E-state index in [1.807, 2.05) is 50.2 Å². The van der Waals surface area contributed by atoms with Gasteiger partial charge in [-0.3, -0.25) is 9.78 Å². The molecule has 2 N–H and O–H groups in total. The van der Waals surface area contributed by atoms with E-state index in [0.29, 0.717) is 22.0 Å². The summed E-state index contributed by atoms with van der Waals surface area (Å²) in [7, 11) is 0. The van der Waals surface area contributed by atoms with E-state index in [2.05, 4.69) is 15.6 Å². The van der Waals surface area contributed by atoms with E-state index in [1.54, 1.807) is 24.4 Å². The van der Waals surface area contributed by atoms with Crippen molar-refractivity contribution in [3.8, 4) is 5.75 Å². The zero-order chi connectivity index (χ0) is 19.2. The summed E-state index contributed by atoms with van der Waals surface area (Å²) in [5.41, 5.74) is 2.57. The van der Waals surface area contributed by atoms with Gasteiger partial charge in [0.2, 0.25) is 0 Å². The van der Waals surface area contributed by atoms with Crippen molar-refractivity contribution < 1.29 is 9.53 Å². The van der Waals surface area contributed by atoms with Gasteiger partial charge in [0.1, 0.15) is 5.75 Å². The van der Waals surface area contributed by atoms with Crippen molar-refractivity contribution in [3.63, 3.8) is 0 Å². The lowest BCUT2D eigenvalue weighted by Crippen LogP contribution is -2.12. The number of pyridine rings is 1. The molecule has 0 spiro atoms. The SMILES string of the molecule is CC(C)Oc1ccc(Nc2cncc(C(=O)Nc3ccccc3Cl)c2)cc1. The van der Waals surface area contributed by atoms with Crippen LogP contribution in [0.4, 0.5) is 17.1 Å². The summed E-state index contributed by atoms with van der Waals surface area (Å²) in [6.45, 7) is 3.97. The molecule has 0 aliphatic heterocycles.